The third-order valence-electron chi connectivity index (χ3n) is 1.80. The zero-order valence-electron chi connectivity index (χ0n) is 7.63. The molecule has 6 nitrogen and oxygen atoms in total. The van der Waals surface area contributed by atoms with Crippen LogP contribution in [0.3, 0.4) is 0 Å². The highest BCUT2D eigenvalue weighted by atomic mass is 32.2. The Balaban J connectivity index is 2.67. The Hall–Kier alpha value is -1.08. The average Bonchev–Trinajstić information content (AvgIpc) is 2.29. The number of amides is 1. The molecule has 1 rings (SSSR count). The van der Waals surface area contributed by atoms with Crippen LogP contribution in [-0.2, 0) is 14.3 Å². The maximum absolute atomic E-state index is 10.8. The first kappa shape index (κ1) is 11.0. The number of carboxylic acid groups (broad SMARTS) is 1. The summed E-state index contributed by atoms with van der Waals surface area (Å²) in [5, 5.41) is 8.63. The van der Waals surface area contributed by atoms with Gasteiger partial charge in [0.25, 0.3) is 10.1 Å². The van der Waals surface area contributed by atoms with Crippen molar-refractivity contribution in [2.24, 2.45) is 0 Å². The Morgan fingerprint density at radius 1 is 1.71 bits per heavy atom. The van der Waals surface area contributed by atoms with E-state index in [-0.39, 0.29) is 13.1 Å². The van der Waals surface area contributed by atoms with Crippen molar-refractivity contribution in [3.63, 3.8) is 0 Å². The highest BCUT2D eigenvalue weighted by Crippen LogP contribution is 2.18. The van der Waals surface area contributed by atoms with Crippen LogP contribution >= 0.6 is 0 Å². The molecule has 1 amide bonds. The standard InChI is InChI=1S/C7H11NO5S/c1-5-3-8(7(9)10)4-6(5)13-14(2,11)12/h6H,1,3-4H2,2H3,(H,9,10)/t6-/m1/s1. The van der Waals surface area contributed by atoms with Gasteiger partial charge < -0.3 is 10.0 Å². The van der Waals surface area contributed by atoms with Gasteiger partial charge in [0, 0.05) is 6.54 Å². The molecule has 1 heterocycles. The maximum atomic E-state index is 10.8. The molecule has 0 bridgehead atoms. The van der Waals surface area contributed by atoms with Crippen molar-refractivity contribution < 1.29 is 22.5 Å². The first-order chi connectivity index (χ1) is 6.29. The molecule has 1 fully saturated rings. The first-order valence-electron chi connectivity index (χ1n) is 3.83. The third-order valence-corrected chi connectivity index (χ3v) is 2.38. The molecule has 0 aromatic heterocycles. The molecule has 0 radical (unpaired) electrons. The summed E-state index contributed by atoms with van der Waals surface area (Å²) in [6.07, 6.45) is -0.934. The van der Waals surface area contributed by atoms with Gasteiger partial charge in [-0.3, -0.25) is 4.18 Å². The number of likely N-dealkylation sites (tertiary alicyclic amines) is 1. The van der Waals surface area contributed by atoms with Crippen LogP contribution in [0.4, 0.5) is 4.79 Å². The van der Waals surface area contributed by atoms with Crippen molar-refractivity contribution in [1.29, 1.82) is 0 Å². The normalized spacial score (nSPS) is 22.8. The first-order valence-corrected chi connectivity index (χ1v) is 5.65. The zero-order valence-corrected chi connectivity index (χ0v) is 8.45. The lowest BCUT2D eigenvalue weighted by atomic mass is 10.2. The molecule has 7 heteroatoms. The fraction of sp³-hybridized carbons (Fsp3) is 0.571. The lowest BCUT2D eigenvalue weighted by molar-refractivity contribution is 0.147. The van der Waals surface area contributed by atoms with E-state index in [0.29, 0.717) is 5.57 Å². The summed E-state index contributed by atoms with van der Waals surface area (Å²) in [5.41, 5.74) is 0.456. The van der Waals surface area contributed by atoms with Crippen LogP contribution in [0.25, 0.3) is 0 Å². The van der Waals surface area contributed by atoms with Crippen LogP contribution in [0, 0.1) is 0 Å². The van der Waals surface area contributed by atoms with Crippen LogP contribution in [-0.4, -0.2) is 50.0 Å². The second-order valence-corrected chi connectivity index (χ2v) is 4.71. The number of nitrogens with zero attached hydrogens (tertiary/aromatic N) is 1. The largest absolute Gasteiger partial charge is 0.465 e. The molecule has 1 aliphatic heterocycles. The lowest BCUT2D eigenvalue weighted by Crippen LogP contribution is -2.29. The van der Waals surface area contributed by atoms with Crippen LogP contribution < -0.4 is 0 Å². The number of rotatable bonds is 2. The van der Waals surface area contributed by atoms with Gasteiger partial charge in [-0.2, -0.15) is 8.42 Å². The van der Waals surface area contributed by atoms with E-state index in [0.717, 1.165) is 11.2 Å². The number of hydrogen-bond donors (Lipinski definition) is 1. The molecule has 0 unspecified atom stereocenters. The van der Waals surface area contributed by atoms with Crippen molar-refractivity contribution in [2.75, 3.05) is 19.3 Å². The molecule has 1 aliphatic rings. The zero-order chi connectivity index (χ0) is 10.9. The molecule has 0 saturated carbocycles. The molecule has 0 spiro atoms. The van der Waals surface area contributed by atoms with E-state index in [2.05, 4.69) is 10.8 Å². The van der Waals surface area contributed by atoms with Gasteiger partial charge in [-0.25, -0.2) is 4.79 Å². The van der Waals surface area contributed by atoms with Gasteiger partial charge in [-0.05, 0) is 5.57 Å². The Morgan fingerprint density at radius 2 is 2.29 bits per heavy atom. The molecule has 0 aromatic carbocycles. The van der Waals surface area contributed by atoms with Crippen molar-refractivity contribution in [3.8, 4) is 0 Å². The molecule has 1 saturated heterocycles. The highest BCUT2D eigenvalue weighted by molar-refractivity contribution is 7.86. The van der Waals surface area contributed by atoms with Gasteiger partial charge in [0.05, 0.1) is 12.8 Å². The Labute approximate surface area is 81.9 Å². The summed E-state index contributed by atoms with van der Waals surface area (Å²) in [4.78, 5) is 11.6. The summed E-state index contributed by atoms with van der Waals surface area (Å²) >= 11 is 0. The molecule has 1 N–H and O–H groups in total. The molecular weight excluding hydrogens is 210 g/mol. The van der Waals surface area contributed by atoms with Gasteiger partial charge in [0.1, 0.15) is 6.10 Å². The minimum atomic E-state index is -3.57. The van der Waals surface area contributed by atoms with E-state index in [1.54, 1.807) is 0 Å². The minimum absolute atomic E-state index is 0.0151. The second-order valence-electron chi connectivity index (χ2n) is 3.11. The SMILES string of the molecule is C=C1CN(C(=O)O)C[C@H]1OS(C)(=O)=O. The highest BCUT2D eigenvalue weighted by Gasteiger charge is 2.32. The summed E-state index contributed by atoms with van der Waals surface area (Å²) in [7, 11) is -3.57. The predicted molar refractivity (Wildman–Crippen MR) is 48.5 cm³/mol. The van der Waals surface area contributed by atoms with E-state index in [4.69, 9.17) is 5.11 Å². The topological polar surface area (TPSA) is 83.9 Å². The van der Waals surface area contributed by atoms with E-state index in [1.165, 1.54) is 0 Å². The lowest BCUT2D eigenvalue weighted by Gasteiger charge is -2.10. The molecule has 1 atom stereocenters. The van der Waals surface area contributed by atoms with E-state index >= 15 is 0 Å². The van der Waals surface area contributed by atoms with Crippen molar-refractivity contribution in [3.05, 3.63) is 12.2 Å². The minimum Gasteiger partial charge on any atom is -0.465 e. The Morgan fingerprint density at radius 3 is 2.64 bits per heavy atom. The van der Waals surface area contributed by atoms with Gasteiger partial charge in [0.15, 0.2) is 0 Å². The summed E-state index contributed by atoms with van der Waals surface area (Å²) in [5.74, 6) is 0. The van der Waals surface area contributed by atoms with E-state index < -0.39 is 22.3 Å². The summed E-state index contributed by atoms with van der Waals surface area (Å²) < 4.78 is 26.2. The van der Waals surface area contributed by atoms with Crippen LogP contribution in [0.2, 0.25) is 0 Å². The smallest absolute Gasteiger partial charge is 0.407 e. The van der Waals surface area contributed by atoms with Crippen LogP contribution in [0.15, 0.2) is 12.2 Å². The van der Waals surface area contributed by atoms with Crippen molar-refractivity contribution >= 4 is 16.2 Å². The molecule has 80 valence electrons. The van der Waals surface area contributed by atoms with Crippen molar-refractivity contribution in [2.45, 2.75) is 6.10 Å². The van der Waals surface area contributed by atoms with Gasteiger partial charge in [-0.15, -0.1) is 0 Å². The van der Waals surface area contributed by atoms with Crippen molar-refractivity contribution in [1.82, 2.24) is 4.90 Å². The monoisotopic (exact) mass is 221 g/mol. The van der Waals surface area contributed by atoms with Crippen LogP contribution in [0.5, 0.6) is 0 Å². The fourth-order valence-corrected chi connectivity index (χ4v) is 1.81. The van der Waals surface area contributed by atoms with Crippen LogP contribution in [0.1, 0.15) is 0 Å². The third kappa shape index (κ3) is 2.71. The van der Waals surface area contributed by atoms with E-state index in [9.17, 15) is 13.2 Å². The van der Waals surface area contributed by atoms with Gasteiger partial charge in [0.2, 0.25) is 0 Å². The predicted octanol–water partition coefficient (Wildman–Crippen LogP) is -0.119. The quantitative estimate of drug-likeness (QED) is 0.519. The molecular formula is C7H11NO5S. The fourth-order valence-electron chi connectivity index (χ4n) is 1.20. The maximum Gasteiger partial charge on any atom is 0.407 e. The molecule has 0 aromatic rings. The number of hydrogen-bond acceptors (Lipinski definition) is 4. The second kappa shape index (κ2) is 3.58. The Kier molecular flexibility index (Phi) is 2.81. The average molecular weight is 221 g/mol. The Bertz CT molecular complexity index is 360. The summed E-state index contributed by atoms with van der Waals surface area (Å²) in [6.45, 7) is 3.69. The van der Waals surface area contributed by atoms with Gasteiger partial charge in [-0.1, -0.05) is 6.58 Å². The van der Waals surface area contributed by atoms with E-state index in [1.807, 2.05) is 0 Å². The number of carbonyl (C=O) groups is 1. The molecule has 0 aliphatic carbocycles. The molecule has 14 heavy (non-hydrogen) atoms. The summed E-state index contributed by atoms with van der Waals surface area (Å²) in [6, 6.07) is 0. The van der Waals surface area contributed by atoms with Gasteiger partial charge >= 0.3 is 6.09 Å².